The quantitative estimate of drug-likeness (QED) is 0.109. The number of carbonyl (C=O) groups is 7. The van der Waals surface area contributed by atoms with Crippen LogP contribution in [0.25, 0.3) is 0 Å². The number of nitro benzene ring substituents is 1. The van der Waals surface area contributed by atoms with Gasteiger partial charge < -0.3 is 52.1 Å². The van der Waals surface area contributed by atoms with Crippen LogP contribution in [-0.2, 0) is 80.9 Å². The van der Waals surface area contributed by atoms with Gasteiger partial charge in [0.25, 0.3) is 5.69 Å². The number of esters is 7. The topological polar surface area (TPSA) is 264 Å². The lowest BCUT2D eigenvalue weighted by Gasteiger charge is -2.48. The van der Waals surface area contributed by atoms with E-state index in [0.29, 0.717) is 0 Å². The molecule has 2 aliphatic rings. The largest absolute Gasteiger partial charge is 0.463 e. The smallest absolute Gasteiger partial charge is 0.303 e. The molecular formula is C32H39NO20. The van der Waals surface area contributed by atoms with Crippen molar-refractivity contribution in [2.24, 2.45) is 0 Å². The Balaban J connectivity index is 2.21. The van der Waals surface area contributed by atoms with Gasteiger partial charge in [0.1, 0.15) is 37.3 Å². The average molecular weight is 758 g/mol. The van der Waals surface area contributed by atoms with Gasteiger partial charge in [-0.1, -0.05) is 0 Å². The Morgan fingerprint density at radius 1 is 0.547 bits per heavy atom. The molecule has 1 aromatic carbocycles. The number of rotatable bonds is 14. The summed E-state index contributed by atoms with van der Waals surface area (Å²) < 4.78 is 61.9. The summed E-state index contributed by atoms with van der Waals surface area (Å²) in [6, 6.07) is 4.65. The number of nitro groups is 1. The monoisotopic (exact) mass is 757 g/mol. The number of hydrogen-bond acceptors (Lipinski definition) is 20. The van der Waals surface area contributed by atoms with Crippen LogP contribution >= 0.6 is 0 Å². The number of benzene rings is 1. The highest BCUT2D eigenvalue weighted by molar-refractivity contribution is 5.69. The molecule has 0 N–H and O–H groups in total. The van der Waals surface area contributed by atoms with Crippen molar-refractivity contribution in [1.29, 1.82) is 0 Å². The summed E-state index contributed by atoms with van der Waals surface area (Å²) in [6.45, 7) is 6.01. The van der Waals surface area contributed by atoms with Crippen molar-refractivity contribution >= 4 is 47.5 Å². The van der Waals surface area contributed by atoms with Crippen molar-refractivity contribution in [2.45, 2.75) is 110 Å². The Morgan fingerprint density at radius 3 is 1.34 bits per heavy atom. The molecule has 21 nitrogen and oxygen atoms in total. The first-order valence-corrected chi connectivity index (χ1v) is 15.9. The summed E-state index contributed by atoms with van der Waals surface area (Å²) in [4.78, 5) is 96.1. The average Bonchev–Trinajstić information content (AvgIpc) is 3.03. The van der Waals surface area contributed by atoms with Crippen LogP contribution in [0, 0.1) is 10.1 Å². The van der Waals surface area contributed by atoms with E-state index in [-0.39, 0.29) is 11.4 Å². The van der Waals surface area contributed by atoms with Crippen LogP contribution < -0.4 is 4.74 Å². The number of hydrogen-bond donors (Lipinski definition) is 0. The molecule has 0 radical (unpaired) electrons. The van der Waals surface area contributed by atoms with E-state index < -0.39 is 121 Å². The Hall–Kier alpha value is -5.41. The highest BCUT2D eigenvalue weighted by atomic mass is 16.8. The number of carbonyl (C=O) groups excluding carboxylic acids is 7. The van der Waals surface area contributed by atoms with Gasteiger partial charge in [-0.3, -0.25) is 43.7 Å². The summed E-state index contributed by atoms with van der Waals surface area (Å²) in [6.07, 6.45) is -16.6. The molecule has 0 aromatic heterocycles. The van der Waals surface area contributed by atoms with Gasteiger partial charge in [0.05, 0.1) is 4.92 Å². The van der Waals surface area contributed by atoms with Crippen LogP contribution in [0.5, 0.6) is 5.75 Å². The lowest BCUT2D eigenvalue weighted by Crippen LogP contribution is -2.67. The fourth-order valence-corrected chi connectivity index (χ4v) is 5.35. The van der Waals surface area contributed by atoms with Gasteiger partial charge in [0.2, 0.25) is 6.29 Å². The Morgan fingerprint density at radius 2 is 0.925 bits per heavy atom. The van der Waals surface area contributed by atoms with E-state index >= 15 is 0 Å². The van der Waals surface area contributed by atoms with E-state index in [1.54, 1.807) is 0 Å². The molecule has 292 valence electrons. The Bertz CT molecular complexity index is 1530. The molecule has 2 heterocycles. The second-order valence-corrected chi connectivity index (χ2v) is 11.5. The molecule has 0 aliphatic carbocycles. The van der Waals surface area contributed by atoms with E-state index in [4.69, 9.17) is 52.1 Å². The zero-order valence-corrected chi connectivity index (χ0v) is 29.6. The zero-order chi connectivity index (χ0) is 39.6. The third-order valence-electron chi connectivity index (χ3n) is 7.19. The molecule has 2 fully saturated rings. The van der Waals surface area contributed by atoms with Gasteiger partial charge >= 0.3 is 41.8 Å². The second-order valence-electron chi connectivity index (χ2n) is 11.5. The molecule has 3 rings (SSSR count). The van der Waals surface area contributed by atoms with Gasteiger partial charge in [-0.25, -0.2) is 0 Å². The van der Waals surface area contributed by atoms with Crippen LogP contribution in [0.3, 0.4) is 0 Å². The summed E-state index contributed by atoms with van der Waals surface area (Å²) in [5.74, 6) is -6.24. The van der Waals surface area contributed by atoms with Crippen molar-refractivity contribution in [3.8, 4) is 5.75 Å². The van der Waals surface area contributed by atoms with E-state index in [0.717, 1.165) is 60.6 Å². The molecule has 0 saturated carbocycles. The first kappa shape index (κ1) is 42.0. The summed E-state index contributed by atoms with van der Waals surface area (Å²) >= 11 is 0. The molecule has 1 aromatic rings. The molecule has 0 amide bonds. The maximum atomic E-state index is 12.5. The summed E-state index contributed by atoms with van der Waals surface area (Å²) in [7, 11) is 0. The molecule has 0 spiro atoms. The van der Waals surface area contributed by atoms with Gasteiger partial charge in [-0.15, -0.1) is 0 Å². The normalized spacial score (nSPS) is 27.9. The van der Waals surface area contributed by atoms with Crippen LogP contribution in [0.2, 0.25) is 0 Å². The SMILES string of the molecule is CC(=O)OC[C@H]1O[C@@H](O[C@H]2[C@@H](OC(C)=O)[C@H](Oc3ccc([N+](=O)[O-])cc3)O[C@H](COC(C)=O)[C@H]2OC(C)=O)[C@H](OC(C)=O)[C@@H](OC(C)=O)[C@@H]1OC(C)=O. The van der Waals surface area contributed by atoms with Crippen LogP contribution in [0.4, 0.5) is 5.69 Å². The standard InChI is InChI=1S/C32H39NO20/c1-14(34)43-12-23-25(45-16(3)36)27(47-18(5)38)29(48-19(6)39)32(52-23)53-28-26(46-17(4)37)24(13-44-15(2)35)51-31(30(28)49-20(7)40)50-22-10-8-21(9-11-22)33(41)42/h8-11,23-32H,12-13H2,1-7H3/t23-,24-,25-,26-,27+,28-,29-,30-,31-,32+/m1/s1. The minimum Gasteiger partial charge on any atom is -0.463 e. The minimum atomic E-state index is -1.88. The molecule has 53 heavy (non-hydrogen) atoms. The molecule has 10 atom stereocenters. The van der Waals surface area contributed by atoms with Crippen molar-refractivity contribution in [2.75, 3.05) is 13.2 Å². The molecule has 2 aliphatic heterocycles. The third kappa shape index (κ3) is 12.4. The van der Waals surface area contributed by atoms with E-state index in [2.05, 4.69) is 0 Å². The number of nitrogens with zero attached hydrogens (tertiary/aromatic N) is 1. The van der Waals surface area contributed by atoms with Crippen LogP contribution in [0.1, 0.15) is 48.5 Å². The van der Waals surface area contributed by atoms with Gasteiger partial charge in [-0.05, 0) is 12.1 Å². The lowest BCUT2D eigenvalue weighted by atomic mass is 9.96. The Labute approximate surface area is 301 Å². The second kappa shape index (κ2) is 18.9. The first-order chi connectivity index (χ1) is 24.9. The van der Waals surface area contributed by atoms with E-state index in [1.807, 2.05) is 0 Å². The predicted molar refractivity (Wildman–Crippen MR) is 167 cm³/mol. The fourth-order valence-electron chi connectivity index (χ4n) is 5.35. The Kier molecular flexibility index (Phi) is 15.0. The summed E-state index contributed by atoms with van der Waals surface area (Å²) in [5, 5.41) is 11.2. The number of ether oxygens (including phenoxy) is 11. The maximum Gasteiger partial charge on any atom is 0.303 e. The van der Waals surface area contributed by atoms with E-state index in [9.17, 15) is 43.7 Å². The molecular weight excluding hydrogens is 718 g/mol. The molecule has 21 heteroatoms. The van der Waals surface area contributed by atoms with Gasteiger partial charge in [-0.2, -0.15) is 0 Å². The van der Waals surface area contributed by atoms with Gasteiger partial charge in [0, 0.05) is 60.6 Å². The maximum absolute atomic E-state index is 12.5. The summed E-state index contributed by atoms with van der Waals surface area (Å²) in [5.41, 5.74) is -0.286. The first-order valence-electron chi connectivity index (χ1n) is 15.9. The van der Waals surface area contributed by atoms with Crippen LogP contribution in [0.15, 0.2) is 24.3 Å². The molecule has 2 saturated heterocycles. The molecule has 0 bridgehead atoms. The zero-order valence-electron chi connectivity index (χ0n) is 29.6. The highest BCUT2D eigenvalue weighted by Gasteiger charge is 2.58. The minimum absolute atomic E-state index is 0.0408. The highest BCUT2D eigenvalue weighted by Crippen LogP contribution is 2.36. The fraction of sp³-hybridized carbons (Fsp3) is 0.594. The van der Waals surface area contributed by atoms with Crippen molar-refractivity contribution in [3.63, 3.8) is 0 Å². The van der Waals surface area contributed by atoms with Crippen LogP contribution in [-0.4, -0.2) is 121 Å². The van der Waals surface area contributed by atoms with E-state index in [1.165, 1.54) is 12.1 Å². The lowest BCUT2D eigenvalue weighted by molar-refractivity contribution is -0.384. The number of non-ortho nitro benzene ring substituents is 1. The molecule has 0 unspecified atom stereocenters. The predicted octanol–water partition coefficient (Wildman–Crippen LogP) is 0.593. The van der Waals surface area contributed by atoms with Gasteiger partial charge in [0.15, 0.2) is 36.8 Å². The van der Waals surface area contributed by atoms with Crippen molar-refractivity contribution < 1.29 is 90.6 Å². The third-order valence-corrected chi connectivity index (χ3v) is 7.19. The van der Waals surface area contributed by atoms with Crippen molar-refractivity contribution in [3.05, 3.63) is 34.4 Å². The van der Waals surface area contributed by atoms with Crippen molar-refractivity contribution in [1.82, 2.24) is 0 Å².